The van der Waals surface area contributed by atoms with Crippen LogP contribution in [0.4, 0.5) is 5.69 Å². The van der Waals surface area contributed by atoms with Gasteiger partial charge in [-0.1, -0.05) is 29.3 Å². The summed E-state index contributed by atoms with van der Waals surface area (Å²) < 4.78 is 0. The lowest BCUT2D eigenvalue weighted by atomic mass is 10.1. The molecule has 0 saturated carbocycles. The molecule has 0 aliphatic heterocycles. The average molecular weight is 305 g/mol. The Kier molecular flexibility index (Phi) is 4.29. The topological polar surface area (TPSA) is 44.1 Å². The minimum absolute atomic E-state index is 0.223. The van der Waals surface area contributed by atoms with Crippen LogP contribution in [0, 0.1) is 11.3 Å². The van der Waals surface area contributed by atoms with Gasteiger partial charge in [0.1, 0.15) is 0 Å². The monoisotopic (exact) mass is 304 g/mol. The largest absolute Gasteiger partial charge is 0.311 e. The van der Waals surface area contributed by atoms with Gasteiger partial charge in [0.15, 0.2) is 0 Å². The number of carbonyl (C=O) groups is 1. The van der Waals surface area contributed by atoms with E-state index in [4.69, 9.17) is 28.5 Å². The molecule has 3 nitrogen and oxygen atoms in total. The van der Waals surface area contributed by atoms with Gasteiger partial charge >= 0.3 is 0 Å². The number of anilines is 1. The smallest absolute Gasteiger partial charge is 0.258 e. The fourth-order valence-corrected chi connectivity index (χ4v) is 2.02. The molecule has 2 rings (SSSR count). The summed E-state index contributed by atoms with van der Waals surface area (Å²) in [6.07, 6.45) is 0. The van der Waals surface area contributed by atoms with Gasteiger partial charge in [0.05, 0.1) is 21.7 Å². The number of hydrogen-bond acceptors (Lipinski definition) is 2. The maximum Gasteiger partial charge on any atom is 0.258 e. The lowest BCUT2D eigenvalue weighted by molar-refractivity contribution is 0.0993. The second-order valence-electron chi connectivity index (χ2n) is 4.16. The normalized spacial score (nSPS) is 9.90. The van der Waals surface area contributed by atoms with Crippen molar-refractivity contribution < 1.29 is 4.79 Å². The molecular weight excluding hydrogens is 295 g/mol. The van der Waals surface area contributed by atoms with Crippen molar-refractivity contribution in [3.05, 3.63) is 63.6 Å². The molecule has 2 aromatic rings. The maximum absolute atomic E-state index is 12.3. The molecule has 0 radical (unpaired) electrons. The van der Waals surface area contributed by atoms with Crippen molar-refractivity contribution in [3.8, 4) is 6.07 Å². The number of amides is 1. The van der Waals surface area contributed by atoms with E-state index in [-0.39, 0.29) is 5.91 Å². The number of hydrogen-bond donors (Lipinski definition) is 0. The maximum atomic E-state index is 12.3. The average Bonchev–Trinajstić information content (AvgIpc) is 2.48. The van der Waals surface area contributed by atoms with E-state index in [0.717, 1.165) is 0 Å². The summed E-state index contributed by atoms with van der Waals surface area (Å²) in [5, 5.41) is 9.61. The number of nitriles is 1. The Morgan fingerprint density at radius 2 is 1.90 bits per heavy atom. The van der Waals surface area contributed by atoms with Crippen LogP contribution in [0.15, 0.2) is 42.5 Å². The van der Waals surface area contributed by atoms with E-state index in [9.17, 15) is 4.79 Å². The van der Waals surface area contributed by atoms with Gasteiger partial charge in [-0.15, -0.1) is 0 Å². The van der Waals surface area contributed by atoms with Crippen molar-refractivity contribution in [1.82, 2.24) is 0 Å². The zero-order valence-electron chi connectivity index (χ0n) is 10.6. The lowest BCUT2D eigenvalue weighted by Crippen LogP contribution is -2.26. The third-order valence-corrected chi connectivity index (χ3v) is 3.57. The molecule has 0 saturated heterocycles. The number of halogens is 2. The Balaban J connectivity index is 2.32. The molecule has 0 fully saturated rings. The Morgan fingerprint density at radius 1 is 1.15 bits per heavy atom. The molecule has 20 heavy (non-hydrogen) atoms. The van der Waals surface area contributed by atoms with Crippen molar-refractivity contribution in [2.75, 3.05) is 11.9 Å². The molecule has 1 amide bonds. The van der Waals surface area contributed by atoms with Gasteiger partial charge in [-0.25, -0.2) is 0 Å². The Bertz CT molecular complexity index is 707. The van der Waals surface area contributed by atoms with Crippen molar-refractivity contribution in [1.29, 1.82) is 5.26 Å². The predicted molar refractivity (Wildman–Crippen MR) is 80.4 cm³/mol. The summed E-state index contributed by atoms with van der Waals surface area (Å²) in [7, 11) is 1.64. The first-order chi connectivity index (χ1) is 9.52. The van der Waals surface area contributed by atoms with Crippen LogP contribution in [-0.2, 0) is 0 Å². The second kappa shape index (κ2) is 5.96. The first kappa shape index (κ1) is 14.4. The predicted octanol–water partition coefficient (Wildman–Crippen LogP) is 4.14. The summed E-state index contributed by atoms with van der Waals surface area (Å²) in [4.78, 5) is 13.8. The summed E-state index contributed by atoms with van der Waals surface area (Å²) in [5.41, 5.74) is 1.57. The van der Waals surface area contributed by atoms with E-state index < -0.39 is 0 Å². The van der Waals surface area contributed by atoms with Gasteiger partial charge in [0.2, 0.25) is 0 Å². The Hall–Kier alpha value is -2.02. The molecule has 0 unspecified atom stereocenters. The number of benzene rings is 2. The van der Waals surface area contributed by atoms with Crippen molar-refractivity contribution in [2.45, 2.75) is 0 Å². The van der Waals surface area contributed by atoms with Crippen LogP contribution in [-0.4, -0.2) is 13.0 Å². The van der Waals surface area contributed by atoms with Crippen LogP contribution in [0.2, 0.25) is 10.0 Å². The molecule has 0 N–H and O–H groups in total. The minimum atomic E-state index is -0.223. The van der Waals surface area contributed by atoms with Gasteiger partial charge in [0, 0.05) is 18.3 Å². The number of rotatable bonds is 2. The van der Waals surface area contributed by atoms with Crippen LogP contribution in [0.25, 0.3) is 0 Å². The molecule has 100 valence electrons. The van der Waals surface area contributed by atoms with Gasteiger partial charge in [-0.3, -0.25) is 4.79 Å². The molecule has 2 aromatic carbocycles. The van der Waals surface area contributed by atoms with Gasteiger partial charge < -0.3 is 4.90 Å². The summed E-state index contributed by atoms with van der Waals surface area (Å²) in [6, 6.07) is 13.6. The van der Waals surface area contributed by atoms with Crippen LogP contribution in [0.1, 0.15) is 15.9 Å². The number of nitrogens with zero attached hydrogens (tertiary/aromatic N) is 2. The third kappa shape index (κ3) is 2.93. The first-order valence-corrected chi connectivity index (χ1v) is 6.52. The van der Waals surface area contributed by atoms with E-state index in [2.05, 4.69) is 0 Å². The zero-order valence-corrected chi connectivity index (χ0v) is 12.1. The summed E-state index contributed by atoms with van der Waals surface area (Å²) in [5.74, 6) is -0.223. The van der Waals surface area contributed by atoms with E-state index in [0.29, 0.717) is 26.9 Å². The van der Waals surface area contributed by atoms with Crippen molar-refractivity contribution >= 4 is 34.8 Å². The molecule has 5 heteroatoms. The molecule has 0 aliphatic carbocycles. The van der Waals surface area contributed by atoms with E-state index in [1.807, 2.05) is 6.07 Å². The van der Waals surface area contributed by atoms with E-state index >= 15 is 0 Å². The van der Waals surface area contributed by atoms with Crippen LogP contribution in [0.3, 0.4) is 0 Å². The molecule has 0 aromatic heterocycles. The van der Waals surface area contributed by atoms with Gasteiger partial charge in [-0.05, 0) is 36.4 Å². The fraction of sp³-hybridized carbons (Fsp3) is 0.0667. The third-order valence-electron chi connectivity index (χ3n) is 2.83. The highest BCUT2D eigenvalue weighted by Crippen LogP contribution is 2.24. The van der Waals surface area contributed by atoms with Crippen molar-refractivity contribution in [2.24, 2.45) is 0 Å². The van der Waals surface area contributed by atoms with Gasteiger partial charge in [-0.2, -0.15) is 5.26 Å². The van der Waals surface area contributed by atoms with Gasteiger partial charge in [0.25, 0.3) is 5.91 Å². The highest BCUT2D eigenvalue weighted by atomic mass is 35.5. The van der Waals surface area contributed by atoms with Crippen LogP contribution in [0.5, 0.6) is 0 Å². The van der Waals surface area contributed by atoms with E-state index in [1.54, 1.807) is 43.4 Å². The summed E-state index contributed by atoms with van der Waals surface area (Å²) >= 11 is 11.7. The van der Waals surface area contributed by atoms with Crippen LogP contribution < -0.4 is 4.90 Å². The molecule has 0 heterocycles. The number of carbonyl (C=O) groups excluding carboxylic acids is 1. The Morgan fingerprint density at radius 3 is 2.55 bits per heavy atom. The molecule has 0 aliphatic rings. The zero-order chi connectivity index (χ0) is 14.7. The SMILES string of the molecule is CN(C(=O)c1ccc(Cl)c(Cl)c1)c1cccc(C#N)c1. The highest BCUT2D eigenvalue weighted by Gasteiger charge is 2.15. The minimum Gasteiger partial charge on any atom is -0.311 e. The second-order valence-corrected chi connectivity index (χ2v) is 4.97. The quantitative estimate of drug-likeness (QED) is 0.837. The Labute approximate surface area is 127 Å². The molecule has 0 atom stereocenters. The fourth-order valence-electron chi connectivity index (χ4n) is 1.72. The highest BCUT2D eigenvalue weighted by molar-refractivity contribution is 6.42. The van der Waals surface area contributed by atoms with Crippen molar-refractivity contribution in [3.63, 3.8) is 0 Å². The molecule has 0 bridgehead atoms. The first-order valence-electron chi connectivity index (χ1n) is 5.76. The van der Waals surface area contributed by atoms with E-state index in [1.165, 1.54) is 11.0 Å². The standard InChI is InChI=1S/C15H10Cl2N2O/c1-19(12-4-2-3-10(7-12)9-18)15(20)11-5-6-13(16)14(17)8-11/h2-8H,1H3. The van der Waals surface area contributed by atoms with Crippen LogP contribution >= 0.6 is 23.2 Å². The summed E-state index contributed by atoms with van der Waals surface area (Å²) in [6.45, 7) is 0. The molecular formula is C15H10Cl2N2O. The molecule has 0 spiro atoms. The lowest BCUT2D eigenvalue weighted by Gasteiger charge is -2.17.